The Labute approximate surface area is 179 Å². The molecule has 1 aliphatic carbocycles. The smallest absolute Gasteiger partial charge is 0.319 e. The molecule has 0 bridgehead atoms. The number of nitrogens with zero attached hydrogens (tertiary/aromatic N) is 3. The molecule has 3 aromatic rings. The van der Waals surface area contributed by atoms with E-state index in [-0.39, 0.29) is 18.0 Å². The molecule has 1 aliphatic rings. The van der Waals surface area contributed by atoms with Gasteiger partial charge in [0.05, 0.1) is 12.1 Å². The predicted molar refractivity (Wildman–Crippen MR) is 116 cm³/mol. The molecule has 30 heavy (non-hydrogen) atoms. The summed E-state index contributed by atoms with van der Waals surface area (Å²) in [5.41, 5.74) is 2.66. The molecular formula is C21H23ClN6O2. The lowest BCUT2D eigenvalue weighted by molar-refractivity contribution is 0.0938. The molecule has 0 spiro atoms. The molecule has 156 valence electrons. The van der Waals surface area contributed by atoms with Crippen LogP contribution >= 0.6 is 11.6 Å². The van der Waals surface area contributed by atoms with E-state index in [9.17, 15) is 9.59 Å². The van der Waals surface area contributed by atoms with Crippen molar-refractivity contribution in [3.63, 3.8) is 0 Å². The van der Waals surface area contributed by atoms with Crippen molar-refractivity contribution in [1.82, 2.24) is 25.6 Å². The topological polar surface area (TPSA) is 101 Å². The zero-order chi connectivity index (χ0) is 20.9. The molecular weight excluding hydrogens is 404 g/mol. The molecule has 3 amide bonds. The van der Waals surface area contributed by atoms with Crippen LogP contribution in [0.2, 0.25) is 5.02 Å². The lowest BCUT2D eigenvalue weighted by Gasteiger charge is -2.11. The van der Waals surface area contributed by atoms with E-state index >= 15 is 0 Å². The first-order valence-corrected chi connectivity index (χ1v) is 10.4. The largest absolute Gasteiger partial charge is 0.349 e. The van der Waals surface area contributed by atoms with E-state index in [2.05, 4.69) is 26.3 Å². The van der Waals surface area contributed by atoms with Crippen LogP contribution in [0, 0.1) is 0 Å². The van der Waals surface area contributed by atoms with Crippen molar-refractivity contribution < 1.29 is 9.59 Å². The Kier molecular flexibility index (Phi) is 6.13. The van der Waals surface area contributed by atoms with Gasteiger partial charge in [0.15, 0.2) is 0 Å². The number of benzene rings is 2. The average Bonchev–Trinajstić information content (AvgIpc) is 3.37. The summed E-state index contributed by atoms with van der Waals surface area (Å²) in [5.74, 6) is -0.0716. The lowest BCUT2D eigenvalue weighted by Crippen LogP contribution is -2.32. The van der Waals surface area contributed by atoms with Gasteiger partial charge < -0.3 is 16.0 Å². The van der Waals surface area contributed by atoms with Crippen molar-refractivity contribution in [3.05, 3.63) is 53.1 Å². The Morgan fingerprint density at radius 2 is 1.97 bits per heavy atom. The van der Waals surface area contributed by atoms with Crippen molar-refractivity contribution in [2.75, 3.05) is 11.9 Å². The molecule has 1 saturated carbocycles. The van der Waals surface area contributed by atoms with Crippen LogP contribution in [-0.4, -0.2) is 39.5 Å². The summed E-state index contributed by atoms with van der Waals surface area (Å²) in [6.45, 7) is 0.821. The highest BCUT2D eigenvalue weighted by molar-refractivity contribution is 6.30. The monoisotopic (exact) mass is 426 g/mol. The predicted octanol–water partition coefficient (Wildman–Crippen LogP) is 3.58. The van der Waals surface area contributed by atoms with E-state index in [0.717, 1.165) is 18.4 Å². The minimum atomic E-state index is -0.326. The zero-order valence-corrected chi connectivity index (χ0v) is 17.2. The van der Waals surface area contributed by atoms with Crippen molar-refractivity contribution in [2.45, 2.75) is 38.3 Å². The van der Waals surface area contributed by atoms with E-state index in [1.54, 1.807) is 41.1 Å². The Morgan fingerprint density at radius 3 is 2.77 bits per heavy atom. The first-order chi connectivity index (χ1) is 14.6. The number of nitrogens with one attached hydrogen (secondary N) is 3. The summed E-state index contributed by atoms with van der Waals surface area (Å²) < 4.78 is 1.70. The molecule has 0 saturated heterocycles. The number of carbonyl (C=O) groups is 2. The summed E-state index contributed by atoms with van der Waals surface area (Å²) in [6.07, 6.45) is 4.43. The van der Waals surface area contributed by atoms with Crippen LogP contribution in [-0.2, 0) is 6.54 Å². The minimum Gasteiger partial charge on any atom is -0.349 e. The van der Waals surface area contributed by atoms with Gasteiger partial charge in [0.2, 0.25) is 0 Å². The lowest BCUT2D eigenvalue weighted by atomic mass is 10.1. The van der Waals surface area contributed by atoms with Crippen molar-refractivity contribution in [2.24, 2.45) is 0 Å². The third-order valence-electron chi connectivity index (χ3n) is 5.16. The number of anilines is 1. The quantitative estimate of drug-likeness (QED) is 0.560. The summed E-state index contributed by atoms with van der Waals surface area (Å²) in [5, 5.41) is 17.4. The minimum absolute atomic E-state index is 0.0716. The van der Waals surface area contributed by atoms with Crippen molar-refractivity contribution >= 4 is 40.3 Å². The summed E-state index contributed by atoms with van der Waals surface area (Å²) in [6, 6.07) is 12.3. The fraction of sp³-hybridized carbons (Fsp3) is 0.333. The second kappa shape index (κ2) is 9.13. The number of amides is 3. The maximum atomic E-state index is 12.4. The van der Waals surface area contributed by atoms with Crippen molar-refractivity contribution in [1.29, 1.82) is 0 Å². The summed E-state index contributed by atoms with van der Waals surface area (Å²) >= 11 is 5.91. The number of fused-ring (bicyclic) bond motifs is 1. The molecule has 1 fully saturated rings. The van der Waals surface area contributed by atoms with Crippen LogP contribution < -0.4 is 16.0 Å². The van der Waals surface area contributed by atoms with Crippen LogP contribution in [0.3, 0.4) is 0 Å². The van der Waals surface area contributed by atoms with Gasteiger partial charge in [-0.25, -0.2) is 9.48 Å². The van der Waals surface area contributed by atoms with Gasteiger partial charge in [0, 0.05) is 28.9 Å². The molecule has 0 unspecified atom stereocenters. The fourth-order valence-corrected chi connectivity index (χ4v) is 3.82. The second-order valence-electron chi connectivity index (χ2n) is 7.36. The van der Waals surface area contributed by atoms with E-state index in [1.807, 2.05) is 6.07 Å². The van der Waals surface area contributed by atoms with Gasteiger partial charge in [-0.2, -0.15) is 0 Å². The van der Waals surface area contributed by atoms with Gasteiger partial charge in [-0.05, 0) is 49.2 Å². The highest BCUT2D eigenvalue weighted by Gasteiger charge is 2.18. The van der Waals surface area contributed by atoms with Gasteiger partial charge in [-0.15, -0.1) is 5.10 Å². The van der Waals surface area contributed by atoms with E-state index in [1.165, 1.54) is 12.8 Å². The number of hydrogen-bond acceptors (Lipinski definition) is 4. The van der Waals surface area contributed by atoms with Crippen LogP contribution in [0.25, 0.3) is 11.0 Å². The normalized spacial score (nSPS) is 14.0. The van der Waals surface area contributed by atoms with E-state index in [0.29, 0.717) is 34.9 Å². The third kappa shape index (κ3) is 4.88. The number of carbonyl (C=O) groups excluding carboxylic acids is 2. The molecule has 4 rings (SSSR count). The summed E-state index contributed by atoms with van der Waals surface area (Å²) in [4.78, 5) is 24.5. The SMILES string of the molecule is O=C(NCCn1nnc2cc(C(=O)NC3CCCC3)ccc21)Nc1cccc(Cl)c1. The zero-order valence-electron chi connectivity index (χ0n) is 16.4. The number of hydrogen-bond donors (Lipinski definition) is 3. The van der Waals surface area contributed by atoms with Crippen molar-refractivity contribution in [3.8, 4) is 0 Å². The second-order valence-corrected chi connectivity index (χ2v) is 7.80. The maximum Gasteiger partial charge on any atom is 0.319 e. The third-order valence-corrected chi connectivity index (χ3v) is 5.39. The Hall–Kier alpha value is -3.13. The van der Waals surface area contributed by atoms with Crippen LogP contribution in [0.1, 0.15) is 36.0 Å². The number of urea groups is 1. The first kappa shape index (κ1) is 20.2. The van der Waals surface area contributed by atoms with Gasteiger partial charge in [0.25, 0.3) is 5.91 Å². The Balaban J connectivity index is 1.32. The fourth-order valence-electron chi connectivity index (χ4n) is 3.63. The molecule has 0 aliphatic heterocycles. The van der Waals surface area contributed by atoms with Gasteiger partial charge >= 0.3 is 6.03 Å². The van der Waals surface area contributed by atoms with Gasteiger partial charge in [-0.1, -0.05) is 35.7 Å². The van der Waals surface area contributed by atoms with Gasteiger partial charge in [-0.3, -0.25) is 4.79 Å². The highest BCUT2D eigenvalue weighted by atomic mass is 35.5. The molecule has 1 aromatic heterocycles. The molecule has 0 radical (unpaired) electrons. The number of halogens is 1. The number of rotatable bonds is 6. The van der Waals surface area contributed by atoms with E-state index in [4.69, 9.17) is 11.6 Å². The summed E-state index contributed by atoms with van der Waals surface area (Å²) in [7, 11) is 0. The Morgan fingerprint density at radius 1 is 1.13 bits per heavy atom. The van der Waals surface area contributed by atoms with Crippen LogP contribution in [0.15, 0.2) is 42.5 Å². The molecule has 1 heterocycles. The first-order valence-electron chi connectivity index (χ1n) is 10.0. The average molecular weight is 427 g/mol. The standard InChI is InChI=1S/C21H23ClN6O2/c22-15-4-3-7-17(13-15)25-21(30)23-10-11-28-19-9-8-14(12-18(19)26-27-28)20(29)24-16-5-1-2-6-16/h3-4,7-9,12-13,16H,1-2,5-6,10-11H2,(H,24,29)(H2,23,25,30). The number of aromatic nitrogens is 3. The van der Waals surface area contributed by atoms with Crippen LogP contribution in [0.5, 0.6) is 0 Å². The molecule has 2 aromatic carbocycles. The molecule has 9 heteroatoms. The maximum absolute atomic E-state index is 12.4. The molecule has 3 N–H and O–H groups in total. The molecule has 8 nitrogen and oxygen atoms in total. The van der Waals surface area contributed by atoms with Crippen LogP contribution in [0.4, 0.5) is 10.5 Å². The Bertz CT molecular complexity index is 1060. The highest BCUT2D eigenvalue weighted by Crippen LogP contribution is 2.19. The van der Waals surface area contributed by atoms with Gasteiger partial charge in [0.1, 0.15) is 5.52 Å². The molecule has 0 atom stereocenters. The van der Waals surface area contributed by atoms with E-state index < -0.39 is 0 Å².